The van der Waals surface area contributed by atoms with E-state index < -0.39 is 0 Å². The number of hydrogen-bond donors (Lipinski definition) is 2. The molecule has 1 atom stereocenters. The van der Waals surface area contributed by atoms with E-state index in [2.05, 4.69) is 16.7 Å². The molecule has 2 aliphatic heterocycles. The zero-order chi connectivity index (χ0) is 16.1. The summed E-state index contributed by atoms with van der Waals surface area (Å²) in [5.74, 6) is 0.114. The lowest BCUT2D eigenvalue weighted by molar-refractivity contribution is -0.124. The molecule has 1 unspecified atom stereocenters. The minimum atomic E-state index is -0.124. The minimum absolute atomic E-state index is 0. The lowest BCUT2D eigenvalue weighted by Gasteiger charge is -2.39. The van der Waals surface area contributed by atoms with Crippen LogP contribution >= 0.6 is 24.0 Å². The number of benzene rings is 1. The molecule has 1 amide bonds. The Kier molecular flexibility index (Phi) is 7.35. The van der Waals surface area contributed by atoms with Crippen molar-refractivity contribution in [2.24, 2.45) is 0 Å². The van der Waals surface area contributed by atoms with Gasteiger partial charge in [0.1, 0.15) is 0 Å². The normalized spacial score (nSPS) is 23.1. The quantitative estimate of drug-likeness (QED) is 0.853. The van der Waals surface area contributed by atoms with Gasteiger partial charge < -0.3 is 15.4 Å². The summed E-state index contributed by atoms with van der Waals surface area (Å²) < 4.78 is 5.54. The molecule has 0 spiro atoms. The summed E-state index contributed by atoms with van der Waals surface area (Å²) in [7, 11) is 0. The van der Waals surface area contributed by atoms with Crippen LogP contribution in [0.1, 0.15) is 37.7 Å². The molecule has 2 heterocycles. The van der Waals surface area contributed by atoms with Crippen LogP contribution in [0.3, 0.4) is 0 Å². The number of nitrogens with one attached hydrogen (secondary N) is 2. The average molecular weight is 373 g/mol. The maximum atomic E-state index is 12.5. The fourth-order valence-electron chi connectivity index (χ4n) is 3.65. The zero-order valence-electron chi connectivity index (χ0n) is 13.9. The number of halogens is 2. The Bertz CT molecular complexity index is 542. The highest BCUT2D eigenvalue weighted by Crippen LogP contribution is 2.38. The molecule has 2 aliphatic rings. The van der Waals surface area contributed by atoms with Crippen molar-refractivity contribution < 1.29 is 9.53 Å². The van der Waals surface area contributed by atoms with Crippen molar-refractivity contribution in [3.05, 3.63) is 34.9 Å². The van der Waals surface area contributed by atoms with Gasteiger partial charge in [-0.15, -0.1) is 12.4 Å². The number of carbonyl (C=O) groups excluding carboxylic acids is 1. The Morgan fingerprint density at radius 3 is 2.71 bits per heavy atom. The first-order valence-electron chi connectivity index (χ1n) is 8.55. The van der Waals surface area contributed by atoms with Gasteiger partial charge in [-0.05, 0) is 43.9 Å². The third-order valence-electron chi connectivity index (χ3n) is 5.12. The van der Waals surface area contributed by atoms with Crippen LogP contribution in [0.2, 0.25) is 5.02 Å². The molecule has 2 fully saturated rings. The number of piperidine rings is 1. The highest BCUT2D eigenvalue weighted by atomic mass is 35.5. The Balaban J connectivity index is 0.00000208. The summed E-state index contributed by atoms with van der Waals surface area (Å²) >= 11 is 6.45. The van der Waals surface area contributed by atoms with E-state index in [0.717, 1.165) is 49.2 Å². The molecule has 4 nitrogen and oxygen atoms in total. The monoisotopic (exact) mass is 372 g/mol. The lowest BCUT2D eigenvalue weighted by Crippen LogP contribution is -2.51. The van der Waals surface area contributed by atoms with Crippen LogP contribution in [-0.4, -0.2) is 38.3 Å². The lowest BCUT2D eigenvalue weighted by atomic mass is 9.74. The molecule has 3 rings (SSSR count). The molecule has 6 heteroatoms. The molecular formula is C18H26Cl2N2O2. The Labute approximate surface area is 155 Å². The molecule has 0 bridgehead atoms. The van der Waals surface area contributed by atoms with Gasteiger partial charge in [0.15, 0.2) is 0 Å². The molecular weight excluding hydrogens is 347 g/mol. The average Bonchev–Trinajstić information content (AvgIpc) is 2.61. The van der Waals surface area contributed by atoms with Crippen LogP contribution in [-0.2, 0) is 14.9 Å². The molecule has 134 valence electrons. The van der Waals surface area contributed by atoms with E-state index in [-0.39, 0.29) is 29.8 Å². The van der Waals surface area contributed by atoms with Crippen LogP contribution in [0, 0.1) is 0 Å². The number of ether oxygens (including phenoxy) is 1. The van der Waals surface area contributed by atoms with Gasteiger partial charge in [0, 0.05) is 30.2 Å². The number of hydrogen-bond acceptors (Lipinski definition) is 3. The van der Waals surface area contributed by atoms with Crippen LogP contribution in [0.25, 0.3) is 0 Å². The predicted octanol–water partition coefficient (Wildman–Crippen LogP) is 3.07. The van der Waals surface area contributed by atoms with Gasteiger partial charge in [-0.25, -0.2) is 0 Å². The van der Waals surface area contributed by atoms with E-state index in [4.69, 9.17) is 16.3 Å². The van der Waals surface area contributed by atoms with Crippen LogP contribution in [0.5, 0.6) is 0 Å². The van der Waals surface area contributed by atoms with Gasteiger partial charge in [-0.2, -0.15) is 0 Å². The Hall–Kier alpha value is -0.810. The first-order chi connectivity index (χ1) is 11.2. The van der Waals surface area contributed by atoms with E-state index in [9.17, 15) is 4.79 Å². The third kappa shape index (κ3) is 4.42. The summed E-state index contributed by atoms with van der Waals surface area (Å²) in [5, 5.41) is 7.26. The second-order valence-electron chi connectivity index (χ2n) is 6.59. The van der Waals surface area contributed by atoms with Crippen molar-refractivity contribution in [1.82, 2.24) is 10.6 Å². The molecule has 1 aromatic rings. The molecule has 0 aliphatic carbocycles. The Morgan fingerprint density at radius 1 is 1.29 bits per heavy atom. The molecule has 24 heavy (non-hydrogen) atoms. The SMILES string of the molecule is Cl.O=C(NCC1(c2ccccc2Cl)CCOCC1)C1CCCCN1. The summed E-state index contributed by atoms with van der Waals surface area (Å²) in [6, 6.07) is 7.93. The molecule has 0 radical (unpaired) electrons. The highest BCUT2D eigenvalue weighted by Gasteiger charge is 2.37. The van der Waals surface area contributed by atoms with Gasteiger partial charge >= 0.3 is 0 Å². The largest absolute Gasteiger partial charge is 0.381 e. The molecule has 0 saturated carbocycles. The van der Waals surface area contributed by atoms with Crippen molar-refractivity contribution in [3.8, 4) is 0 Å². The second-order valence-corrected chi connectivity index (χ2v) is 7.00. The van der Waals surface area contributed by atoms with Gasteiger partial charge in [0.05, 0.1) is 6.04 Å². The maximum Gasteiger partial charge on any atom is 0.237 e. The van der Waals surface area contributed by atoms with Gasteiger partial charge in [0.25, 0.3) is 0 Å². The van der Waals surface area contributed by atoms with Gasteiger partial charge in [0.2, 0.25) is 5.91 Å². The summed E-state index contributed by atoms with van der Waals surface area (Å²) in [5.41, 5.74) is 1.00. The van der Waals surface area contributed by atoms with Crippen molar-refractivity contribution in [2.45, 2.75) is 43.6 Å². The fourth-order valence-corrected chi connectivity index (χ4v) is 3.99. The number of rotatable bonds is 4. The Morgan fingerprint density at radius 2 is 2.04 bits per heavy atom. The van der Waals surface area contributed by atoms with Crippen LogP contribution < -0.4 is 10.6 Å². The summed E-state index contributed by atoms with van der Waals surface area (Å²) in [6.07, 6.45) is 4.97. The number of amides is 1. The van der Waals surface area contributed by atoms with E-state index in [1.165, 1.54) is 0 Å². The van der Waals surface area contributed by atoms with E-state index >= 15 is 0 Å². The summed E-state index contributed by atoms with van der Waals surface area (Å²) in [6.45, 7) is 2.98. The van der Waals surface area contributed by atoms with E-state index in [1.54, 1.807) is 0 Å². The zero-order valence-corrected chi connectivity index (χ0v) is 15.4. The predicted molar refractivity (Wildman–Crippen MR) is 99.1 cm³/mol. The minimum Gasteiger partial charge on any atom is -0.381 e. The van der Waals surface area contributed by atoms with Gasteiger partial charge in [-0.1, -0.05) is 36.2 Å². The molecule has 0 aromatic heterocycles. The first-order valence-corrected chi connectivity index (χ1v) is 8.93. The molecule has 1 aromatic carbocycles. The first kappa shape index (κ1) is 19.5. The van der Waals surface area contributed by atoms with Crippen molar-refractivity contribution >= 4 is 29.9 Å². The molecule has 2 N–H and O–H groups in total. The van der Waals surface area contributed by atoms with Crippen LogP contribution in [0.4, 0.5) is 0 Å². The van der Waals surface area contributed by atoms with Crippen molar-refractivity contribution in [2.75, 3.05) is 26.3 Å². The second kappa shape index (κ2) is 9.04. The van der Waals surface area contributed by atoms with E-state index in [1.807, 2.05) is 18.2 Å². The third-order valence-corrected chi connectivity index (χ3v) is 5.45. The van der Waals surface area contributed by atoms with Crippen molar-refractivity contribution in [3.63, 3.8) is 0 Å². The van der Waals surface area contributed by atoms with E-state index in [0.29, 0.717) is 19.8 Å². The topological polar surface area (TPSA) is 50.4 Å². The van der Waals surface area contributed by atoms with Crippen LogP contribution in [0.15, 0.2) is 24.3 Å². The fraction of sp³-hybridized carbons (Fsp3) is 0.611. The maximum absolute atomic E-state index is 12.5. The van der Waals surface area contributed by atoms with Crippen molar-refractivity contribution in [1.29, 1.82) is 0 Å². The number of carbonyl (C=O) groups is 1. The summed E-state index contributed by atoms with van der Waals surface area (Å²) in [4.78, 5) is 12.5. The van der Waals surface area contributed by atoms with Gasteiger partial charge in [-0.3, -0.25) is 4.79 Å². The smallest absolute Gasteiger partial charge is 0.237 e. The standard InChI is InChI=1S/C18H25ClN2O2.ClH/c19-15-6-2-1-5-14(15)18(8-11-23-12-9-18)13-21-17(22)16-7-3-4-10-20-16;/h1-2,5-6,16,20H,3-4,7-13H2,(H,21,22);1H. The highest BCUT2D eigenvalue weighted by molar-refractivity contribution is 6.31. The molecule has 2 saturated heterocycles.